The number of ether oxygens (including phenoxy) is 1. The third kappa shape index (κ3) is 2.74. The topological polar surface area (TPSA) is 59.9 Å². The van der Waals surface area contributed by atoms with Gasteiger partial charge in [-0.15, -0.1) is 11.3 Å². The molecule has 0 radical (unpaired) electrons. The predicted octanol–water partition coefficient (Wildman–Crippen LogP) is 4.43. The zero-order valence-corrected chi connectivity index (χ0v) is 14.8. The van der Waals surface area contributed by atoms with Crippen LogP contribution >= 0.6 is 11.3 Å². The number of nitrogens with one attached hydrogen (secondary N) is 1. The highest BCUT2D eigenvalue weighted by Crippen LogP contribution is 2.33. The van der Waals surface area contributed by atoms with E-state index in [1.54, 1.807) is 12.5 Å². The molecule has 25 heavy (non-hydrogen) atoms. The minimum absolute atomic E-state index is 0.296. The maximum Gasteiger partial charge on any atom is 0.348 e. The molecule has 4 rings (SSSR count). The fraction of sp³-hybridized carbons (Fsp3) is 0.158. The van der Waals surface area contributed by atoms with Crippen molar-refractivity contribution in [3.63, 3.8) is 0 Å². The van der Waals surface area contributed by atoms with Gasteiger partial charge in [0.1, 0.15) is 4.88 Å². The second kappa shape index (κ2) is 6.22. The van der Waals surface area contributed by atoms with Gasteiger partial charge in [-0.2, -0.15) is 0 Å². The molecular weight excluding hydrogens is 334 g/mol. The summed E-state index contributed by atoms with van der Waals surface area (Å²) in [7, 11) is 1.40. The molecule has 0 saturated carbocycles. The Morgan fingerprint density at radius 1 is 1.32 bits per heavy atom. The van der Waals surface area contributed by atoms with Crippen LogP contribution in [0, 0.1) is 0 Å². The molecule has 0 saturated heterocycles. The fourth-order valence-electron chi connectivity index (χ4n) is 2.98. The first-order chi connectivity index (χ1) is 12.2. The number of carbonyl (C=O) groups excluding carboxylic acids is 1. The highest BCUT2D eigenvalue weighted by Gasteiger charge is 2.14. The lowest BCUT2D eigenvalue weighted by molar-refractivity contribution is 0.0606. The lowest BCUT2D eigenvalue weighted by Gasteiger charge is -2.10. The third-order valence-corrected chi connectivity index (χ3v) is 5.32. The average molecular weight is 351 g/mol. The minimum atomic E-state index is -0.296. The Labute approximate surface area is 148 Å². The molecule has 126 valence electrons. The number of H-pyrrole nitrogens is 1. The van der Waals surface area contributed by atoms with Crippen LogP contribution in [0.5, 0.6) is 0 Å². The van der Waals surface area contributed by atoms with Crippen molar-refractivity contribution < 1.29 is 9.53 Å². The first kappa shape index (κ1) is 15.7. The Balaban J connectivity index is 1.74. The number of thiophene rings is 1. The number of methoxy groups -OCH3 is 1. The molecule has 3 heterocycles. The van der Waals surface area contributed by atoms with Crippen molar-refractivity contribution in [3.05, 3.63) is 59.5 Å². The van der Waals surface area contributed by atoms with E-state index in [9.17, 15) is 4.79 Å². The summed E-state index contributed by atoms with van der Waals surface area (Å²) in [5.41, 5.74) is 5.55. The number of aromatic nitrogens is 3. The summed E-state index contributed by atoms with van der Waals surface area (Å²) < 4.78 is 7.84. The lowest BCUT2D eigenvalue weighted by Crippen LogP contribution is -1.97. The Bertz CT molecular complexity index is 1010. The van der Waals surface area contributed by atoms with Crippen molar-refractivity contribution in [2.24, 2.45) is 0 Å². The fourth-order valence-corrected chi connectivity index (χ4v) is 3.95. The number of aromatic amines is 1. The first-order valence-electron chi connectivity index (χ1n) is 8.02. The highest BCUT2D eigenvalue weighted by molar-refractivity contribution is 7.20. The van der Waals surface area contributed by atoms with Crippen LogP contribution in [-0.4, -0.2) is 27.6 Å². The van der Waals surface area contributed by atoms with Crippen LogP contribution in [0.4, 0.5) is 0 Å². The number of nitrogens with zero attached hydrogens (tertiary/aromatic N) is 2. The smallest absolute Gasteiger partial charge is 0.348 e. The standard InChI is InChI=1S/C19H17N3O2S/c1-3-12-8-13(22-7-6-20-11-22)4-5-14(12)15-9-17-16(21-15)10-18(25-17)19(23)24-2/h4-11,21H,3H2,1-2H3. The van der Waals surface area contributed by atoms with Crippen LogP contribution in [0.2, 0.25) is 0 Å². The van der Waals surface area contributed by atoms with Gasteiger partial charge in [0.05, 0.1) is 23.7 Å². The molecule has 4 aromatic rings. The van der Waals surface area contributed by atoms with E-state index >= 15 is 0 Å². The van der Waals surface area contributed by atoms with Crippen LogP contribution in [0.25, 0.3) is 27.2 Å². The van der Waals surface area contributed by atoms with Gasteiger partial charge in [-0.3, -0.25) is 0 Å². The zero-order valence-electron chi connectivity index (χ0n) is 13.9. The predicted molar refractivity (Wildman–Crippen MR) is 99.5 cm³/mol. The maximum atomic E-state index is 11.7. The Kier molecular flexibility index (Phi) is 3.89. The van der Waals surface area contributed by atoms with Gasteiger partial charge in [-0.25, -0.2) is 9.78 Å². The molecule has 0 amide bonds. The number of esters is 1. The second-order valence-corrected chi connectivity index (χ2v) is 6.81. The van der Waals surface area contributed by atoms with E-state index in [1.807, 2.05) is 16.8 Å². The lowest BCUT2D eigenvalue weighted by atomic mass is 10.0. The Morgan fingerprint density at radius 2 is 2.20 bits per heavy atom. The number of benzene rings is 1. The molecule has 0 aliphatic heterocycles. The summed E-state index contributed by atoms with van der Waals surface area (Å²) in [6.45, 7) is 2.15. The van der Waals surface area contributed by atoms with E-state index in [0.29, 0.717) is 4.88 Å². The summed E-state index contributed by atoms with van der Waals surface area (Å²) in [4.78, 5) is 19.8. The third-order valence-electron chi connectivity index (χ3n) is 4.25. The molecule has 0 spiro atoms. The number of hydrogen-bond donors (Lipinski definition) is 1. The summed E-state index contributed by atoms with van der Waals surface area (Å²) in [5, 5.41) is 0. The molecule has 0 atom stereocenters. The van der Waals surface area contributed by atoms with Crippen molar-refractivity contribution in [3.8, 4) is 16.9 Å². The SMILES string of the molecule is CCc1cc(-n2ccnc2)ccc1-c1cc2sc(C(=O)OC)cc2[nH]1. The molecule has 0 unspecified atom stereocenters. The van der Waals surface area contributed by atoms with Crippen molar-refractivity contribution in [2.75, 3.05) is 7.11 Å². The molecule has 1 N–H and O–H groups in total. The second-order valence-electron chi connectivity index (χ2n) is 5.73. The average Bonchev–Trinajstić information content (AvgIpc) is 3.36. The summed E-state index contributed by atoms with van der Waals surface area (Å²) in [5.74, 6) is -0.296. The van der Waals surface area contributed by atoms with E-state index < -0.39 is 0 Å². The van der Waals surface area contributed by atoms with Crippen LogP contribution in [0.3, 0.4) is 0 Å². The molecule has 1 aromatic carbocycles. The number of fused-ring (bicyclic) bond motifs is 1. The maximum absolute atomic E-state index is 11.7. The Hall–Kier alpha value is -2.86. The Morgan fingerprint density at radius 3 is 2.88 bits per heavy atom. The molecule has 0 bridgehead atoms. The van der Waals surface area contributed by atoms with E-state index in [1.165, 1.54) is 29.6 Å². The van der Waals surface area contributed by atoms with E-state index in [4.69, 9.17) is 4.74 Å². The number of hydrogen-bond acceptors (Lipinski definition) is 4. The van der Waals surface area contributed by atoms with Gasteiger partial charge in [0, 0.05) is 29.3 Å². The number of rotatable bonds is 4. The monoisotopic (exact) mass is 351 g/mol. The van der Waals surface area contributed by atoms with Crippen LogP contribution in [-0.2, 0) is 11.2 Å². The van der Waals surface area contributed by atoms with Crippen molar-refractivity contribution in [2.45, 2.75) is 13.3 Å². The van der Waals surface area contributed by atoms with Crippen molar-refractivity contribution in [1.82, 2.24) is 14.5 Å². The van der Waals surface area contributed by atoms with Gasteiger partial charge < -0.3 is 14.3 Å². The van der Waals surface area contributed by atoms with Gasteiger partial charge in [-0.1, -0.05) is 13.0 Å². The largest absolute Gasteiger partial charge is 0.465 e. The number of imidazole rings is 1. The van der Waals surface area contributed by atoms with E-state index in [0.717, 1.165) is 28.0 Å². The number of carbonyl (C=O) groups is 1. The van der Waals surface area contributed by atoms with Crippen molar-refractivity contribution >= 4 is 27.5 Å². The molecule has 3 aromatic heterocycles. The quantitative estimate of drug-likeness (QED) is 0.553. The highest BCUT2D eigenvalue weighted by atomic mass is 32.1. The van der Waals surface area contributed by atoms with Crippen molar-refractivity contribution in [1.29, 1.82) is 0 Å². The summed E-state index contributed by atoms with van der Waals surface area (Å²) in [6, 6.07) is 10.3. The molecular formula is C19H17N3O2S. The van der Waals surface area contributed by atoms with E-state index in [2.05, 4.69) is 41.2 Å². The molecule has 0 aliphatic carbocycles. The van der Waals surface area contributed by atoms with Crippen LogP contribution in [0.15, 0.2) is 49.1 Å². The normalized spacial score (nSPS) is 11.1. The first-order valence-corrected chi connectivity index (χ1v) is 8.83. The van der Waals surface area contributed by atoms with Gasteiger partial charge in [0.2, 0.25) is 0 Å². The molecule has 5 nitrogen and oxygen atoms in total. The minimum Gasteiger partial charge on any atom is -0.465 e. The van der Waals surface area contributed by atoms with Gasteiger partial charge >= 0.3 is 5.97 Å². The zero-order chi connectivity index (χ0) is 17.4. The summed E-state index contributed by atoms with van der Waals surface area (Å²) in [6.07, 6.45) is 6.44. The van der Waals surface area contributed by atoms with Gasteiger partial charge in [0.15, 0.2) is 0 Å². The molecule has 0 aliphatic rings. The summed E-state index contributed by atoms with van der Waals surface area (Å²) >= 11 is 1.44. The van der Waals surface area contributed by atoms with E-state index in [-0.39, 0.29) is 5.97 Å². The van der Waals surface area contributed by atoms with Crippen LogP contribution in [0.1, 0.15) is 22.2 Å². The van der Waals surface area contributed by atoms with Gasteiger partial charge in [0.25, 0.3) is 0 Å². The van der Waals surface area contributed by atoms with Gasteiger partial charge in [-0.05, 0) is 36.2 Å². The molecule has 0 fully saturated rings. The molecule has 6 heteroatoms. The number of aryl methyl sites for hydroxylation is 1. The van der Waals surface area contributed by atoms with Crippen LogP contribution < -0.4 is 0 Å².